The van der Waals surface area contributed by atoms with Gasteiger partial charge in [0.25, 0.3) is 0 Å². The van der Waals surface area contributed by atoms with Crippen molar-refractivity contribution in [3.8, 4) is 11.3 Å². The number of ether oxygens (including phenoxy) is 1. The van der Waals surface area contributed by atoms with Crippen LogP contribution < -0.4 is 5.32 Å². The van der Waals surface area contributed by atoms with Gasteiger partial charge in [-0.1, -0.05) is 0 Å². The zero-order valence-electron chi connectivity index (χ0n) is 14.5. The fourth-order valence-corrected chi connectivity index (χ4v) is 6.32. The Morgan fingerprint density at radius 3 is 3.04 bits per heavy atom. The Hall–Kier alpha value is -1.91. The van der Waals surface area contributed by atoms with E-state index in [1.54, 1.807) is 27.6 Å². The van der Waals surface area contributed by atoms with Gasteiger partial charge in [-0.15, -0.1) is 22.7 Å². The van der Waals surface area contributed by atoms with Crippen LogP contribution in [0.4, 0.5) is 4.79 Å². The summed E-state index contributed by atoms with van der Waals surface area (Å²) in [6.07, 6.45) is 3.05. The molecule has 3 aromatic heterocycles. The lowest BCUT2D eigenvalue weighted by molar-refractivity contribution is -0.131. The third kappa shape index (κ3) is 3.48. The van der Waals surface area contributed by atoms with Crippen LogP contribution in [0.3, 0.4) is 0 Å². The first-order chi connectivity index (χ1) is 13.1. The highest BCUT2D eigenvalue weighted by Crippen LogP contribution is 2.42. The molecule has 7 nitrogen and oxygen atoms in total. The van der Waals surface area contributed by atoms with Crippen LogP contribution in [0.2, 0.25) is 0 Å². The smallest absolute Gasteiger partial charge is 0.407 e. The molecule has 142 valence electrons. The first kappa shape index (κ1) is 18.5. The topological polar surface area (TPSA) is 87.3 Å². The average Bonchev–Trinajstić information content (AvgIpc) is 3.43. The molecular weight excluding hydrogens is 452 g/mol. The number of hydrogen-bond acceptors (Lipinski definition) is 6. The Bertz CT molecular complexity index is 996. The lowest BCUT2D eigenvalue weighted by atomic mass is 10.2. The highest BCUT2D eigenvalue weighted by Gasteiger charge is 2.32. The Morgan fingerprint density at radius 1 is 1.41 bits per heavy atom. The summed E-state index contributed by atoms with van der Waals surface area (Å²) in [5, 5.41) is 6.65. The molecule has 2 N–H and O–H groups in total. The molecule has 0 spiro atoms. The predicted octanol–water partition coefficient (Wildman–Crippen LogP) is 4.13. The second kappa shape index (κ2) is 7.61. The van der Waals surface area contributed by atoms with Crippen LogP contribution in [0.5, 0.6) is 0 Å². The molecule has 0 bridgehead atoms. The molecule has 0 aliphatic carbocycles. The van der Waals surface area contributed by atoms with Gasteiger partial charge >= 0.3 is 6.09 Å². The number of aromatic nitrogens is 2. The molecule has 1 unspecified atom stereocenters. The third-order valence-electron chi connectivity index (χ3n) is 4.57. The van der Waals surface area contributed by atoms with Gasteiger partial charge in [0.1, 0.15) is 12.4 Å². The van der Waals surface area contributed by atoms with Gasteiger partial charge in [-0.05, 0) is 28.8 Å². The predicted molar refractivity (Wildman–Crippen MR) is 109 cm³/mol. The minimum Gasteiger partial charge on any atom is -0.453 e. The Balaban J connectivity index is 1.53. The molecule has 4 rings (SSSR count). The maximum atomic E-state index is 12.5. The third-order valence-corrected chi connectivity index (χ3v) is 7.92. The van der Waals surface area contributed by atoms with Gasteiger partial charge in [0, 0.05) is 33.5 Å². The van der Waals surface area contributed by atoms with Gasteiger partial charge in [0.05, 0.1) is 28.2 Å². The number of nitrogens with one attached hydrogen (secondary N) is 2. The first-order valence-electron chi connectivity index (χ1n) is 8.39. The van der Waals surface area contributed by atoms with Gasteiger partial charge in [-0.25, -0.2) is 9.78 Å². The fourth-order valence-electron chi connectivity index (χ4n) is 3.29. The molecule has 1 aliphatic rings. The van der Waals surface area contributed by atoms with E-state index in [1.807, 2.05) is 6.20 Å². The zero-order chi connectivity index (χ0) is 19.0. The molecule has 1 fully saturated rings. The van der Waals surface area contributed by atoms with Crippen molar-refractivity contribution < 1.29 is 14.3 Å². The van der Waals surface area contributed by atoms with E-state index >= 15 is 0 Å². The monoisotopic (exact) mass is 468 g/mol. The number of alkyl carbamates (subject to hydrolysis) is 1. The summed E-state index contributed by atoms with van der Waals surface area (Å²) in [5.41, 5.74) is 1.99. The number of nitrogens with zero attached hydrogens (tertiary/aromatic N) is 2. The highest BCUT2D eigenvalue weighted by molar-refractivity contribution is 9.10. The maximum absolute atomic E-state index is 12.5. The Labute approximate surface area is 171 Å². The lowest BCUT2D eigenvalue weighted by Gasteiger charge is -2.23. The van der Waals surface area contributed by atoms with Gasteiger partial charge in [0.2, 0.25) is 5.91 Å². The molecular formula is C17H17BrN4O3S2. The van der Waals surface area contributed by atoms with Gasteiger partial charge in [0.15, 0.2) is 0 Å². The van der Waals surface area contributed by atoms with E-state index in [2.05, 4.69) is 41.7 Å². The van der Waals surface area contributed by atoms with E-state index < -0.39 is 6.09 Å². The van der Waals surface area contributed by atoms with Crippen molar-refractivity contribution >= 4 is 60.0 Å². The number of thiophene rings is 2. The number of halogens is 1. The summed E-state index contributed by atoms with van der Waals surface area (Å²) < 4.78 is 8.07. The SMILES string of the molecule is COC(=O)NCC(=O)N1CCCC1c1nc(-c2csc3c(Br)csc23)c[nH]1. The molecule has 1 saturated heterocycles. The van der Waals surface area contributed by atoms with E-state index in [-0.39, 0.29) is 18.5 Å². The van der Waals surface area contributed by atoms with Crippen molar-refractivity contribution in [2.24, 2.45) is 0 Å². The normalized spacial score (nSPS) is 16.8. The van der Waals surface area contributed by atoms with Crippen LogP contribution in [0.25, 0.3) is 20.7 Å². The first-order valence-corrected chi connectivity index (χ1v) is 10.9. The van der Waals surface area contributed by atoms with E-state index in [0.717, 1.165) is 34.4 Å². The number of aromatic amines is 1. The van der Waals surface area contributed by atoms with Crippen molar-refractivity contribution in [1.29, 1.82) is 0 Å². The summed E-state index contributed by atoms with van der Waals surface area (Å²) in [6, 6.07) is -0.102. The summed E-state index contributed by atoms with van der Waals surface area (Å²) in [7, 11) is 1.27. The molecule has 4 heterocycles. The number of rotatable bonds is 4. The summed E-state index contributed by atoms with van der Waals surface area (Å²) in [5.74, 6) is 0.643. The average molecular weight is 469 g/mol. The summed E-state index contributed by atoms with van der Waals surface area (Å²) in [6.45, 7) is 0.577. The number of amides is 2. The highest BCUT2D eigenvalue weighted by atomic mass is 79.9. The van der Waals surface area contributed by atoms with Crippen LogP contribution in [0, 0.1) is 0 Å². The summed E-state index contributed by atoms with van der Waals surface area (Å²) in [4.78, 5) is 33.5. The molecule has 0 saturated carbocycles. The minimum absolute atomic E-state index is 0.0783. The number of imidazole rings is 1. The molecule has 3 aromatic rings. The number of likely N-dealkylation sites (tertiary alicyclic amines) is 1. The van der Waals surface area contributed by atoms with Crippen LogP contribution in [0.1, 0.15) is 24.7 Å². The number of carbonyl (C=O) groups is 2. The second-order valence-corrected chi connectivity index (χ2v) is 8.77. The van der Waals surface area contributed by atoms with Crippen molar-refractivity contribution in [1.82, 2.24) is 20.2 Å². The van der Waals surface area contributed by atoms with Crippen molar-refractivity contribution in [3.05, 3.63) is 27.3 Å². The Kier molecular flexibility index (Phi) is 5.20. The minimum atomic E-state index is -0.608. The number of carbonyl (C=O) groups excluding carboxylic acids is 2. The molecule has 1 aliphatic heterocycles. The van der Waals surface area contributed by atoms with Gasteiger partial charge < -0.3 is 19.9 Å². The molecule has 27 heavy (non-hydrogen) atoms. The number of hydrogen-bond donors (Lipinski definition) is 2. The van der Waals surface area contributed by atoms with Gasteiger partial charge in [-0.3, -0.25) is 4.79 Å². The number of methoxy groups -OCH3 is 1. The lowest BCUT2D eigenvalue weighted by Crippen LogP contribution is -2.40. The van der Waals surface area contributed by atoms with Crippen molar-refractivity contribution in [3.63, 3.8) is 0 Å². The maximum Gasteiger partial charge on any atom is 0.407 e. The van der Waals surface area contributed by atoms with Crippen molar-refractivity contribution in [2.75, 3.05) is 20.2 Å². The molecule has 10 heteroatoms. The molecule has 0 aromatic carbocycles. The van der Waals surface area contributed by atoms with Crippen molar-refractivity contribution in [2.45, 2.75) is 18.9 Å². The van der Waals surface area contributed by atoms with Gasteiger partial charge in [-0.2, -0.15) is 0 Å². The fraction of sp³-hybridized carbons (Fsp3) is 0.353. The largest absolute Gasteiger partial charge is 0.453 e. The van der Waals surface area contributed by atoms with Crippen LogP contribution >= 0.6 is 38.6 Å². The quantitative estimate of drug-likeness (QED) is 0.602. The van der Waals surface area contributed by atoms with E-state index in [4.69, 9.17) is 4.98 Å². The standard InChI is InChI=1S/C17H17BrN4O3S2/c1-25-17(24)20-6-13(23)22-4-2-3-12(22)16-19-5-11(21-16)9-7-26-15-10(18)8-27-14(9)15/h5,7-8,12H,2-4,6H2,1H3,(H,19,21)(H,20,24). The van der Waals surface area contributed by atoms with E-state index in [0.29, 0.717) is 6.54 Å². The number of fused-ring (bicyclic) bond motifs is 1. The Morgan fingerprint density at radius 2 is 2.22 bits per heavy atom. The van der Waals surface area contributed by atoms with Crippen LogP contribution in [-0.4, -0.2) is 47.1 Å². The van der Waals surface area contributed by atoms with E-state index in [1.165, 1.54) is 16.5 Å². The molecule has 0 radical (unpaired) electrons. The van der Waals surface area contributed by atoms with Crippen LogP contribution in [0.15, 0.2) is 21.4 Å². The zero-order valence-corrected chi connectivity index (χ0v) is 17.7. The number of H-pyrrole nitrogens is 1. The summed E-state index contributed by atoms with van der Waals surface area (Å²) >= 11 is 6.96. The molecule has 1 atom stereocenters. The molecule has 2 amide bonds. The van der Waals surface area contributed by atoms with Crippen LogP contribution in [-0.2, 0) is 9.53 Å². The second-order valence-electron chi connectivity index (χ2n) is 6.15. The van der Waals surface area contributed by atoms with E-state index in [9.17, 15) is 9.59 Å².